The fourth-order valence-corrected chi connectivity index (χ4v) is 2.23. The molecule has 0 aliphatic carbocycles. The standard InChI is InChI=1S/C16H15N5/c1-11(2)19-13-5-6-18-15(9-13)16-12(10-17)8-14-4-3-7-21(14)20-16/h3-9,11H,1-2H3,(H,18,19). The molecule has 0 saturated heterocycles. The van der Waals surface area contributed by atoms with Crippen molar-refractivity contribution in [2.75, 3.05) is 5.32 Å². The minimum Gasteiger partial charge on any atom is -0.383 e. The molecule has 21 heavy (non-hydrogen) atoms. The Morgan fingerprint density at radius 1 is 1.29 bits per heavy atom. The molecular weight excluding hydrogens is 262 g/mol. The number of pyridine rings is 1. The lowest BCUT2D eigenvalue weighted by Gasteiger charge is -2.11. The van der Waals surface area contributed by atoms with Crippen LogP contribution in [0.5, 0.6) is 0 Å². The molecule has 0 radical (unpaired) electrons. The van der Waals surface area contributed by atoms with Crippen molar-refractivity contribution in [1.29, 1.82) is 5.26 Å². The van der Waals surface area contributed by atoms with Gasteiger partial charge in [-0.1, -0.05) is 0 Å². The van der Waals surface area contributed by atoms with Crippen LogP contribution in [0.2, 0.25) is 0 Å². The van der Waals surface area contributed by atoms with Crippen molar-refractivity contribution in [2.45, 2.75) is 19.9 Å². The number of anilines is 1. The highest BCUT2D eigenvalue weighted by atomic mass is 15.2. The van der Waals surface area contributed by atoms with Gasteiger partial charge in [0, 0.05) is 24.1 Å². The van der Waals surface area contributed by atoms with Gasteiger partial charge >= 0.3 is 0 Å². The number of nitrogens with zero attached hydrogens (tertiary/aromatic N) is 4. The molecule has 0 unspecified atom stereocenters. The minimum atomic E-state index is 0.329. The highest BCUT2D eigenvalue weighted by molar-refractivity contribution is 5.69. The summed E-state index contributed by atoms with van der Waals surface area (Å²) >= 11 is 0. The molecule has 1 N–H and O–H groups in total. The summed E-state index contributed by atoms with van der Waals surface area (Å²) in [6, 6.07) is 12.0. The Balaban J connectivity index is 2.13. The third kappa shape index (κ3) is 2.56. The molecule has 0 atom stereocenters. The lowest BCUT2D eigenvalue weighted by Crippen LogP contribution is -2.09. The number of hydrogen-bond donors (Lipinski definition) is 1. The molecule has 0 bridgehead atoms. The van der Waals surface area contributed by atoms with E-state index in [1.807, 2.05) is 36.5 Å². The summed E-state index contributed by atoms with van der Waals surface area (Å²) in [5.41, 5.74) is 3.66. The van der Waals surface area contributed by atoms with Crippen LogP contribution in [-0.2, 0) is 0 Å². The molecule has 3 heterocycles. The van der Waals surface area contributed by atoms with Crippen molar-refractivity contribution in [1.82, 2.24) is 14.6 Å². The number of hydrogen-bond acceptors (Lipinski definition) is 4. The van der Waals surface area contributed by atoms with Gasteiger partial charge in [-0.25, -0.2) is 4.52 Å². The number of aromatic nitrogens is 3. The summed E-state index contributed by atoms with van der Waals surface area (Å²) in [4.78, 5) is 4.35. The van der Waals surface area contributed by atoms with Gasteiger partial charge in [-0.3, -0.25) is 4.98 Å². The summed E-state index contributed by atoms with van der Waals surface area (Å²) in [6.45, 7) is 4.15. The van der Waals surface area contributed by atoms with Crippen LogP contribution in [-0.4, -0.2) is 20.6 Å². The van der Waals surface area contributed by atoms with E-state index in [1.165, 1.54) is 0 Å². The third-order valence-corrected chi connectivity index (χ3v) is 3.09. The zero-order valence-corrected chi connectivity index (χ0v) is 11.9. The third-order valence-electron chi connectivity index (χ3n) is 3.09. The molecule has 0 saturated carbocycles. The number of nitriles is 1. The molecule has 0 aliphatic heterocycles. The van der Waals surface area contributed by atoms with Gasteiger partial charge in [0.1, 0.15) is 11.8 Å². The van der Waals surface area contributed by atoms with Crippen molar-refractivity contribution in [3.8, 4) is 17.5 Å². The van der Waals surface area contributed by atoms with Gasteiger partial charge in [-0.05, 0) is 44.2 Å². The highest BCUT2D eigenvalue weighted by Crippen LogP contribution is 2.23. The van der Waals surface area contributed by atoms with E-state index < -0.39 is 0 Å². The van der Waals surface area contributed by atoms with Crippen LogP contribution in [0.3, 0.4) is 0 Å². The maximum atomic E-state index is 9.35. The van der Waals surface area contributed by atoms with Gasteiger partial charge in [0.25, 0.3) is 0 Å². The van der Waals surface area contributed by atoms with E-state index in [0.717, 1.165) is 11.2 Å². The molecule has 3 rings (SSSR count). The van der Waals surface area contributed by atoms with Crippen molar-refractivity contribution in [2.24, 2.45) is 0 Å². The number of nitrogens with one attached hydrogen (secondary N) is 1. The van der Waals surface area contributed by atoms with Crippen molar-refractivity contribution < 1.29 is 0 Å². The second-order valence-corrected chi connectivity index (χ2v) is 5.12. The molecule has 0 amide bonds. The van der Waals surface area contributed by atoms with E-state index in [-0.39, 0.29) is 0 Å². The number of fused-ring (bicyclic) bond motifs is 1. The molecule has 5 nitrogen and oxygen atoms in total. The topological polar surface area (TPSA) is 66.0 Å². The predicted octanol–water partition coefficient (Wildman–Crippen LogP) is 3.09. The first-order valence-corrected chi connectivity index (χ1v) is 6.79. The van der Waals surface area contributed by atoms with Crippen molar-refractivity contribution >= 4 is 11.2 Å². The molecule has 0 aliphatic rings. The van der Waals surface area contributed by atoms with Crippen LogP contribution in [0.25, 0.3) is 16.9 Å². The zero-order chi connectivity index (χ0) is 14.8. The molecule has 104 valence electrons. The Morgan fingerprint density at radius 2 is 2.14 bits per heavy atom. The van der Waals surface area contributed by atoms with E-state index in [9.17, 15) is 5.26 Å². The van der Waals surface area contributed by atoms with Crippen LogP contribution < -0.4 is 5.32 Å². The first kappa shape index (κ1) is 13.1. The smallest absolute Gasteiger partial charge is 0.127 e. The van der Waals surface area contributed by atoms with Crippen LogP contribution in [0.1, 0.15) is 19.4 Å². The summed E-state index contributed by atoms with van der Waals surface area (Å²) < 4.78 is 1.75. The molecule has 3 aromatic rings. The van der Waals surface area contributed by atoms with Crippen LogP contribution in [0.15, 0.2) is 42.7 Å². The van der Waals surface area contributed by atoms with E-state index in [4.69, 9.17) is 0 Å². The largest absolute Gasteiger partial charge is 0.383 e. The average molecular weight is 277 g/mol. The fraction of sp³-hybridized carbons (Fsp3) is 0.188. The van der Waals surface area contributed by atoms with Crippen molar-refractivity contribution in [3.05, 3.63) is 48.3 Å². The van der Waals surface area contributed by atoms with Gasteiger partial charge in [0.05, 0.1) is 16.8 Å². The van der Waals surface area contributed by atoms with Crippen LogP contribution in [0, 0.1) is 11.3 Å². The van der Waals surface area contributed by atoms with E-state index in [0.29, 0.717) is 23.0 Å². The molecule has 0 fully saturated rings. The van der Waals surface area contributed by atoms with Gasteiger partial charge in [0.2, 0.25) is 0 Å². The monoisotopic (exact) mass is 277 g/mol. The van der Waals surface area contributed by atoms with E-state index >= 15 is 0 Å². The van der Waals surface area contributed by atoms with Crippen LogP contribution >= 0.6 is 0 Å². The van der Waals surface area contributed by atoms with Crippen molar-refractivity contribution in [3.63, 3.8) is 0 Å². The Morgan fingerprint density at radius 3 is 2.90 bits per heavy atom. The second kappa shape index (κ2) is 5.25. The lowest BCUT2D eigenvalue weighted by molar-refractivity contribution is 0.898. The van der Waals surface area contributed by atoms with Gasteiger partial charge < -0.3 is 5.32 Å². The molecular formula is C16H15N5. The maximum absolute atomic E-state index is 9.35. The molecule has 0 aromatic carbocycles. The van der Waals surface area contributed by atoms with E-state index in [2.05, 4.69) is 35.3 Å². The summed E-state index contributed by atoms with van der Waals surface area (Å²) in [6.07, 6.45) is 3.58. The predicted molar refractivity (Wildman–Crippen MR) is 81.9 cm³/mol. The minimum absolute atomic E-state index is 0.329. The first-order valence-electron chi connectivity index (χ1n) is 6.79. The van der Waals surface area contributed by atoms with Gasteiger partial charge in [0.15, 0.2) is 0 Å². The SMILES string of the molecule is CC(C)Nc1ccnc(-c2nn3cccc3cc2C#N)c1. The normalized spacial score (nSPS) is 10.8. The molecule has 0 spiro atoms. The molecule has 5 heteroatoms. The summed E-state index contributed by atoms with van der Waals surface area (Å²) in [7, 11) is 0. The first-order chi connectivity index (χ1) is 10.2. The Bertz CT molecular complexity index is 826. The molecule has 3 aromatic heterocycles. The van der Waals surface area contributed by atoms with Gasteiger partial charge in [-0.2, -0.15) is 10.4 Å². The second-order valence-electron chi connectivity index (χ2n) is 5.12. The summed E-state index contributed by atoms with van der Waals surface area (Å²) in [5, 5.41) is 17.2. The Labute approximate surface area is 122 Å². The maximum Gasteiger partial charge on any atom is 0.127 e. The van der Waals surface area contributed by atoms with Gasteiger partial charge in [-0.15, -0.1) is 0 Å². The Kier molecular flexibility index (Phi) is 3.28. The quantitative estimate of drug-likeness (QED) is 0.799. The zero-order valence-electron chi connectivity index (χ0n) is 11.9. The average Bonchev–Trinajstić information content (AvgIpc) is 2.92. The summed E-state index contributed by atoms with van der Waals surface area (Å²) in [5.74, 6) is 0. The number of rotatable bonds is 3. The van der Waals surface area contributed by atoms with Crippen LogP contribution in [0.4, 0.5) is 5.69 Å². The highest BCUT2D eigenvalue weighted by Gasteiger charge is 2.11. The fourth-order valence-electron chi connectivity index (χ4n) is 2.23. The lowest BCUT2D eigenvalue weighted by atomic mass is 10.1. The Hall–Kier alpha value is -2.87. The van der Waals surface area contributed by atoms with E-state index in [1.54, 1.807) is 10.7 Å².